The van der Waals surface area contributed by atoms with E-state index in [9.17, 15) is 0 Å². The molecule has 0 fully saturated rings. The molecule has 4 nitrogen and oxygen atoms in total. The van der Waals surface area contributed by atoms with Crippen LogP contribution in [0, 0.1) is 0 Å². The Hall–Kier alpha value is -7.21. The molecule has 262 valence electrons. The van der Waals surface area contributed by atoms with Crippen molar-refractivity contribution in [2.75, 3.05) is 0 Å². The Morgan fingerprint density at radius 3 is 1.77 bits per heavy atom. The lowest BCUT2D eigenvalue weighted by molar-refractivity contribution is 1.07. The maximum atomic E-state index is 8.92. The van der Waals surface area contributed by atoms with Crippen molar-refractivity contribution in [2.45, 2.75) is 0 Å². The van der Waals surface area contributed by atoms with Crippen LogP contribution in [-0.2, 0) is 0 Å². The number of benzene rings is 8. The third-order valence-electron chi connectivity index (χ3n) is 10.0. The van der Waals surface area contributed by atoms with Crippen LogP contribution < -0.4 is 0 Å². The highest BCUT2D eigenvalue weighted by Crippen LogP contribution is 2.46. The zero-order valence-corrected chi connectivity index (χ0v) is 30.2. The fraction of sp³-hybridized carbons (Fsp3) is 0. The average molecular weight is 743 g/mol. The third-order valence-corrected chi connectivity index (χ3v) is 11.3. The van der Waals surface area contributed by atoms with Crippen LogP contribution in [0.1, 0.15) is 13.7 Å². The third kappa shape index (κ3) is 5.40. The molecule has 0 aliphatic carbocycles. The van der Waals surface area contributed by atoms with Crippen molar-refractivity contribution >= 4 is 53.3 Å². The fourth-order valence-electron chi connectivity index (χ4n) is 7.51. The summed E-state index contributed by atoms with van der Waals surface area (Å²) in [6, 6.07) is 39.0. The summed E-state index contributed by atoms with van der Waals surface area (Å²) in [6.45, 7) is 0. The van der Waals surface area contributed by atoms with Crippen LogP contribution in [-0.4, -0.2) is 19.5 Å². The maximum absolute atomic E-state index is 8.92. The second-order valence-corrected chi connectivity index (χ2v) is 14.3. The van der Waals surface area contributed by atoms with E-state index in [0.717, 1.165) is 58.8 Å². The number of para-hydroxylation sites is 1. The number of hydrogen-bond acceptors (Lipinski definition) is 4. The number of hydrogen-bond donors (Lipinski definition) is 0. The molecule has 0 N–H and O–H groups in total. The Balaban J connectivity index is 1.24. The summed E-state index contributed by atoms with van der Waals surface area (Å²) < 4.78 is 89.5. The van der Waals surface area contributed by atoms with Gasteiger partial charge in [0.1, 0.15) is 0 Å². The zero-order valence-electron chi connectivity index (χ0n) is 39.4. The molecule has 0 amide bonds. The molecule has 11 aromatic rings. The molecular formula is C51H32N4S. The molecule has 0 bridgehead atoms. The van der Waals surface area contributed by atoms with Crippen LogP contribution >= 0.6 is 11.3 Å². The van der Waals surface area contributed by atoms with Crippen molar-refractivity contribution in [3.8, 4) is 62.1 Å². The van der Waals surface area contributed by atoms with Crippen molar-refractivity contribution in [3.63, 3.8) is 0 Å². The molecule has 0 unspecified atom stereocenters. The summed E-state index contributed by atoms with van der Waals surface area (Å²) in [4.78, 5) is 14.9. The number of aromatic nitrogens is 4. The predicted octanol–water partition coefficient (Wildman–Crippen LogP) is 13.7. The Labute approximate surface area is 341 Å². The molecule has 0 aliphatic rings. The molecule has 8 aromatic carbocycles. The van der Waals surface area contributed by atoms with Gasteiger partial charge >= 0.3 is 0 Å². The highest BCUT2D eigenvalue weighted by Gasteiger charge is 2.22. The highest BCUT2D eigenvalue weighted by molar-refractivity contribution is 7.26. The number of nitrogens with zero attached hydrogens (tertiary/aromatic N) is 4. The molecule has 56 heavy (non-hydrogen) atoms. The minimum absolute atomic E-state index is 0.0717. The minimum Gasteiger partial charge on any atom is -0.309 e. The molecule has 3 aromatic heterocycles. The Morgan fingerprint density at radius 2 is 1.00 bits per heavy atom. The van der Waals surface area contributed by atoms with E-state index in [4.69, 9.17) is 28.7 Å². The van der Waals surface area contributed by atoms with Gasteiger partial charge in [-0.25, -0.2) is 15.0 Å². The van der Waals surface area contributed by atoms with E-state index in [-0.39, 0.29) is 40.7 Å². The van der Waals surface area contributed by atoms with Gasteiger partial charge in [0, 0.05) is 53.3 Å². The molecule has 3 heterocycles. The smallest absolute Gasteiger partial charge is 0.165 e. The van der Waals surface area contributed by atoms with Crippen LogP contribution in [0.3, 0.4) is 0 Å². The van der Waals surface area contributed by atoms with Crippen LogP contribution in [0.4, 0.5) is 0 Å². The van der Waals surface area contributed by atoms with Crippen molar-refractivity contribution in [2.24, 2.45) is 0 Å². The van der Waals surface area contributed by atoms with Crippen molar-refractivity contribution in [1.29, 1.82) is 0 Å². The van der Waals surface area contributed by atoms with Crippen LogP contribution in [0.5, 0.6) is 0 Å². The van der Waals surface area contributed by atoms with Crippen LogP contribution in [0.25, 0.3) is 104 Å². The Kier molecular flexibility index (Phi) is 5.58. The topological polar surface area (TPSA) is 43.6 Å². The van der Waals surface area contributed by atoms with Crippen molar-refractivity contribution < 1.29 is 13.7 Å². The Bertz CT molecular complexity index is 3780. The summed E-state index contributed by atoms with van der Waals surface area (Å²) >= 11 is 1.59. The van der Waals surface area contributed by atoms with E-state index in [1.165, 1.54) is 0 Å². The standard InChI is InChI=1S/C51H32N4S/c1-5-16-33(17-6-1)37-28-29-46-42(30-37)40-24-13-14-27-45(40)55(46)38-31-43-41-26-15-25-39(34-18-7-2-8-19-34)47(41)56-48(43)44(32-38)51-53-49(35-20-9-3-10-21-35)52-50(54-51)36-22-11-4-12-23-36/h1-32H/i1D,3D,5D,6D,9D,10D,16D,17D,20D,21D. The van der Waals surface area contributed by atoms with Gasteiger partial charge in [-0.3, -0.25) is 0 Å². The summed E-state index contributed by atoms with van der Waals surface area (Å²) in [7, 11) is 0. The lowest BCUT2D eigenvalue weighted by Crippen LogP contribution is -2.01. The highest BCUT2D eigenvalue weighted by atomic mass is 32.1. The van der Waals surface area contributed by atoms with Gasteiger partial charge < -0.3 is 4.57 Å². The van der Waals surface area contributed by atoms with Gasteiger partial charge in [-0.05, 0) is 52.6 Å². The molecule has 0 atom stereocenters. The van der Waals surface area contributed by atoms with Gasteiger partial charge in [0.15, 0.2) is 17.5 Å². The first-order valence-corrected chi connectivity index (χ1v) is 18.8. The zero-order chi connectivity index (χ0) is 45.7. The van der Waals surface area contributed by atoms with E-state index in [2.05, 4.69) is 34.9 Å². The van der Waals surface area contributed by atoms with Crippen LogP contribution in [0.2, 0.25) is 0 Å². The lowest BCUT2D eigenvalue weighted by atomic mass is 10.0. The first-order valence-electron chi connectivity index (χ1n) is 23.0. The quantitative estimate of drug-likeness (QED) is 0.170. The monoisotopic (exact) mass is 742 g/mol. The van der Waals surface area contributed by atoms with E-state index in [1.807, 2.05) is 97.1 Å². The van der Waals surface area contributed by atoms with Gasteiger partial charge in [0.2, 0.25) is 0 Å². The lowest BCUT2D eigenvalue weighted by Gasteiger charge is -2.13. The summed E-state index contributed by atoms with van der Waals surface area (Å²) in [5.41, 5.74) is 6.19. The summed E-state index contributed by atoms with van der Waals surface area (Å²) in [6.07, 6.45) is 0. The summed E-state index contributed by atoms with van der Waals surface area (Å²) in [5, 5.41) is 3.58. The predicted molar refractivity (Wildman–Crippen MR) is 234 cm³/mol. The van der Waals surface area contributed by atoms with Crippen molar-refractivity contribution in [3.05, 3.63) is 194 Å². The van der Waals surface area contributed by atoms with Gasteiger partial charge in [-0.15, -0.1) is 11.3 Å². The van der Waals surface area contributed by atoms with E-state index in [0.29, 0.717) is 16.7 Å². The van der Waals surface area contributed by atoms with E-state index >= 15 is 0 Å². The number of thiophene rings is 1. The van der Waals surface area contributed by atoms with Gasteiger partial charge in [-0.1, -0.05) is 164 Å². The van der Waals surface area contributed by atoms with Gasteiger partial charge in [0.05, 0.1) is 24.7 Å². The second kappa shape index (κ2) is 13.3. The molecular weight excluding hydrogens is 701 g/mol. The minimum atomic E-state index is -0.521. The largest absolute Gasteiger partial charge is 0.309 e. The van der Waals surface area contributed by atoms with Gasteiger partial charge in [-0.2, -0.15) is 0 Å². The molecule has 11 rings (SSSR count). The number of rotatable bonds is 6. The molecule has 0 radical (unpaired) electrons. The van der Waals surface area contributed by atoms with E-state index < -0.39 is 48.3 Å². The molecule has 0 saturated heterocycles. The fourth-order valence-corrected chi connectivity index (χ4v) is 8.84. The van der Waals surface area contributed by atoms with E-state index in [1.54, 1.807) is 17.4 Å². The SMILES string of the molecule is [2H]c1c([2H])c([2H])c(-c2ccc3c(c2)c2ccccc2n3-c2cc(-c3nc(-c4ccccc4)nc(-c4c([2H])c([2H])c([2H])c([2H])c4[2H])n3)c3sc4c(-c5ccccc5)cccc4c3c2)c([2H])c1[2H]. The van der Waals surface area contributed by atoms with Crippen molar-refractivity contribution in [1.82, 2.24) is 19.5 Å². The Morgan fingerprint density at radius 1 is 0.393 bits per heavy atom. The maximum Gasteiger partial charge on any atom is 0.165 e. The first kappa shape index (κ1) is 23.5. The van der Waals surface area contributed by atoms with Crippen LogP contribution in [0.15, 0.2) is 194 Å². The first-order chi connectivity index (χ1) is 31.9. The molecule has 0 spiro atoms. The molecule has 0 aliphatic heterocycles. The average Bonchev–Trinajstić information content (AvgIpc) is 3.90. The second-order valence-electron chi connectivity index (χ2n) is 13.3. The van der Waals surface area contributed by atoms with Gasteiger partial charge in [0.25, 0.3) is 0 Å². The summed E-state index contributed by atoms with van der Waals surface area (Å²) in [5.74, 6) is 0.413. The molecule has 5 heteroatoms. The number of fused-ring (bicyclic) bond motifs is 6. The molecule has 0 saturated carbocycles. The normalized spacial score (nSPS) is 14.1.